The number of halogens is 2. The van der Waals surface area contributed by atoms with Gasteiger partial charge in [-0.25, -0.2) is 0 Å². The van der Waals surface area contributed by atoms with Crippen LogP contribution in [-0.4, -0.2) is 58.2 Å². The van der Waals surface area contributed by atoms with Gasteiger partial charge in [-0.05, 0) is 46.2 Å². The molecule has 1 aromatic carbocycles. The van der Waals surface area contributed by atoms with Crippen LogP contribution in [0, 0.1) is 0 Å². The van der Waals surface area contributed by atoms with Crippen molar-refractivity contribution >= 4 is 30.7 Å². The lowest BCUT2D eigenvalue weighted by Gasteiger charge is -2.14. The smallest absolute Gasteiger partial charge is 0.255 e. The first-order chi connectivity index (χ1) is 9.65. The van der Waals surface area contributed by atoms with Gasteiger partial charge in [-0.3, -0.25) is 4.79 Å². The van der Waals surface area contributed by atoms with E-state index in [2.05, 4.69) is 10.6 Å². The van der Waals surface area contributed by atoms with Crippen LogP contribution in [-0.2, 0) is 0 Å². The molecule has 128 valence electrons. The van der Waals surface area contributed by atoms with Crippen LogP contribution >= 0.6 is 24.8 Å². The molecule has 7 heteroatoms. The second-order valence-corrected chi connectivity index (χ2v) is 4.86. The summed E-state index contributed by atoms with van der Waals surface area (Å²) in [5.74, 6) is 0.557. The SMILES string of the molecule is CNCCCNC(=O)c1ccccc1OCCN(C)C.Cl.Cl. The van der Waals surface area contributed by atoms with Gasteiger partial charge >= 0.3 is 0 Å². The van der Waals surface area contributed by atoms with Gasteiger partial charge in [0.1, 0.15) is 12.4 Å². The Labute approximate surface area is 145 Å². The third-order valence-electron chi connectivity index (χ3n) is 2.82. The zero-order valence-corrected chi connectivity index (χ0v) is 15.1. The minimum atomic E-state index is -0.0819. The first kappa shape index (κ1) is 23.3. The van der Waals surface area contributed by atoms with Crippen LogP contribution in [0.4, 0.5) is 0 Å². The standard InChI is InChI=1S/C15H25N3O2.2ClH/c1-16-9-6-10-17-15(19)13-7-4-5-8-14(13)20-12-11-18(2)3;;/h4-5,7-8,16H,6,9-12H2,1-3H3,(H,17,19);2*1H. The van der Waals surface area contributed by atoms with E-state index in [4.69, 9.17) is 4.74 Å². The van der Waals surface area contributed by atoms with Gasteiger partial charge in [0, 0.05) is 13.1 Å². The van der Waals surface area contributed by atoms with Crippen LogP contribution in [0.3, 0.4) is 0 Å². The Balaban J connectivity index is 0. The van der Waals surface area contributed by atoms with Crippen LogP contribution < -0.4 is 15.4 Å². The Morgan fingerprint density at radius 1 is 1.18 bits per heavy atom. The fraction of sp³-hybridized carbons (Fsp3) is 0.533. The van der Waals surface area contributed by atoms with Gasteiger partial charge in [0.15, 0.2) is 0 Å². The number of nitrogens with zero attached hydrogens (tertiary/aromatic N) is 1. The van der Waals surface area contributed by atoms with Crippen molar-refractivity contribution in [2.75, 3.05) is 47.4 Å². The van der Waals surface area contributed by atoms with Crippen molar-refractivity contribution in [3.05, 3.63) is 29.8 Å². The second kappa shape index (κ2) is 13.6. The molecule has 0 saturated carbocycles. The number of benzene rings is 1. The first-order valence-electron chi connectivity index (χ1n) is 6.94. The van der Waals surface area contributed by atoms with Crippen LogP contribution in [0.15, 0.2) is 24.3 Å². The fourth-order valence-electron chi connectivity index (χ4n) is 1.68. The number of hydrogen-bond acceptors (Lipinski definition) is 4. The Morgan fingerprint density at radius 2 is 1.86 bits per heavy atom. The summed E-state index contributed by atoms with van der Waals surface area (Å²) in [6.07, 6.45) is 0.909. The number of carbonyl (C=O) groups is 1. The number of likely N-dealkylation sites (N-methyl/N-ethyl adjacent to an activating group) is 1. The number of hydrogen-bond donors (Lipinski definition) is 2. The summed E-state index contributed by atoms with van der Waals surface area (Å²) >= 11 is 0. The monoisotopic (exact) mass is 351 g/mol. The van der Waals surface area contributed by atoms with E-state index < -0.39 is 0 Å². The average molecular weight is 352 g/mol. The minimum Gasteiger partial charge on any atom is -0.491 e. The molecule has 0 aliphatic rings. The molecule has 5 nitrogen and oxygen atoms in total. The summed E-state index contributed by atoms with van der Waals surface area (Å²) in [4.78, 5) is 14.1. The van der Waals surface area contributed by atoms with Crippen molar-refractivity contribution in [1.29, 1.82) is 0 Å². The number of rotatable bonds is 9. The molecule has 1 amide bonds. The minimum absolute atomic E-state index is 0. The van der Waals surface area contributed by atoms with Gasteiger partial charge in [0.25, 0.3) is 5.91 Å². The maximum atomic E-state index is 12.1. The Kier molecular flexibility index (Phi) is 14.4. The van der Waals surface area contributed by atoms with Crippen molar-refractivity contribution in [3.63, 3.8) is 0 Å². The molecule has 0 saturated heterocycles. The fourth-order valence-corrected chi connectivity index (χ4v) is 1.68. The summed E-state index contributed by atoms with van der Waals surface area (Å²) < 4.78 is 5.68. The maximum Gasteiger partial charge on any atom is 0.255 e. The van der Waals surface area contributed by atoms with Crippen LogP contribution in [0.1, 0.15) is 16.8 Å². The lowest BCUT2D eigenvalue weighted by Crippen LogP contribution is -2.27. The number of carbonyl (C=O) groups excluding carboxylic acids is 1. The molecular weight excluding hydrogens is 325 g/mol. The van der Waals surface area contributed by atoms with E-state index in [1.165, 1.54) is 0 Å². The van der Waals surface area contributed by atoms with E-state index in [0.29, 0.717) is 24.5 Å². The van der Waals surface area contributed by atoms with E-state index in [1.807, 2.05) is 44.2 Å². The average Bonchev–Trinajstić information content (AvgIpc) is 2.43. The Hall–Kier alpha value is -1.01. The van der Waals surface area contributed by atoms with Crippen molar-refractivity contribution in [2.45, 2.75) is 6.42 Å². The molecule has 0 aliphatic carbocycles. The lowest BCUT2D eigenvalue weighted by molar-refractivity contribution is 0.0949. The highest BCUT2D eigenvalue weighted by Crippen LogP contribution is 2.17. The molecule has 0 aromatic heterocycles. The summed E-state index contributed by atoms with van der Waals surface area (Å²) in [7, 11) is 5.88. The van der Waals surface area contributed by atoms with Crippen molar-refractivity contribution in [3.8, 4) is 5.75 Å². The lowest BCUT2D eigenvalue weighted by atomic mass is 10.2. The molecule has 1 aromatic rings. The van der Waals surface area contributed by atoms with Gasteiger partial charge in [0.05, 0.1) is 5.56 Å². The number of ether oxygens (including phenoxy) is 1. The molecule has 0 spiro atoms. The molecule has 0 atom stereocenters. The van der Waals surface area contributed by atoms with E-state index in [-0.39, 0.29) is 30.7 Å². The highest BCUT2D eigenvalue weighted by atomic mass is 35.5. The normalized spacial score (nSPS) is 9.64. The molecule has 0 bridgehead atoms. The molecule has 0 aliphatic heterocycles. The molecule has 2 N–H and O–H groups in total. The Bertz CT molecular complexity index is 418. The molecule has 0 unspecified atom stereocenters. The van der Waals surface area contributed by atoms with E-state index >= 15 is 0 Å². The summed E-state index contributed by atoms with van der Waals surface area (Å²) in [6, 6.07) is 7.35. The van der Waals surface area contributed by atoms with Gasteiger partial charge in [-0.1, -0.05) is 12.1 Å². The highest BCUT2D eigenvalue weighted by Gasteiger charge is 2.11. The summed E-state index contributed by atoms with van der Waals surface area (Å²) in [5, 5.41) is 5.95. The van der Waals surface area contributed by atoms with Gasteiger partial charge in [-0.2, -0.15) is 0 Å². The maximum absolute atomic E-state index is 12.1. The van der Waals surface area contributed by atoms with Gasteiger partial charge in [0.2, 0.25) is 0 Å². The zero-order valence-electron chi connectivity index (χ0n) is 13.4. The molecule has 0 fully saturated rings. The van der Waals surface area contributed by atoms with E-state index in [1.54, 1.807) is 6.07 Å². The van der Waals surface area contributed by atoms with Gasteiger partial charge in [-0.15, -0.1) is 24.8 Å². The van der Waals surface area contributed by atoms with E-state index in [0.717, 1.165) is 19.5 Å². The molecular formula is C15H27Cl2N3O2. The second-order valence-electron chi connectivity index (χ2n) is 4.86. The predicted molar refractivity (Wildman–Crippen MR) is 95.9 cm³/mol. The van der Waals surface area contributed by atoms with E-state index in [9.17, 15) is 4.79 Å². The highest BCUT2D eigenvalue weighted by molar-refractivity contribution is 5.96. The number of para-hydroxylation sites is 1. The molecule has 22 heavy (non-hydrogen) atoms. The quantitative estimate of drug-likeness (QED) is 0.666. The predicted octanol–water partition coefficient (Wildman–Crippen LogP) is 1.81. The summed E-state index contributed by atoms with van der Waals surface area (Å²) in [5.41, 5.74) is 0.593. The first-order valence-corrected chi connectivity index (χ1v) is 6.94. The van der Waals surface area contributed by atoms with Crippen molar-refractivity contribution in [2.24, 2.45) is 0 Å². The molecule has 1 rings (SSSR count). The third kappa shape index (κ3) is 9.10. The number of nitrogens with one attached hydrogen (secondary N) is 2. The van der Waals surface area contributed by atoms with Crippen LogP contribution in [0.25, 0.3) is 0 Å². The topological polar surface area (TPSA) is 53.6 Å². The number of amides is 1. The largest absolute Gasteiger partial charge is 0.491 e. The Morgan fingerprint density at radius 3 is 2.50 bits per heavy atom. The van der Waals surface area contributed by atoms with Crippen LogP contribution in [0.5, 0.6) is 5.75 Å². The zero-order chi connectivity index (χ0) is 14.8. The molecule has 0 heterocycles. The van der Waals surface area contributed by atoms with Crippen molar-refractivity contribution < 1.29 is 9.53 Å². The summed E-state index contributed by atoms with van der Waals surface area (Å²) in [6.45, 7) is 2.93. The van der Waals surface area contributed by atoms with Crippen LogP contribution in [0.2, 0.25) is 0 Å². The molecule has 0 radical (unpaired) electrons. The van der Waals surface area contributed by atoms with Crippen molar-refractivity contribution in [1.82, 2.24) is 15.5 Å². The third-order valence-corrected chi connectivity index (χ3v) is 2.82. The van der Waals surface area contributed by atoms with Gasteiger partial charge < -0.3 is 20.3 Å².